The number of hydrogen-bond acceptors (Lipinski definition) is 2. The van der Waals surface area contributed by atoms with Crippen LogP contribution in [-0.2, 0) is 9.59 Å². The number of carbonyl (C=O) groups excluding carboxylic acids is 2. The van der Waals surface area contributed by atoms with Crippen molar-refractivity contribution in [3.05, 3.63) is 0 Å². The smallest absolute Gasteiger partial charge is 0.223 e. The Balaban J connectivity index is 4.61. The molecule has 0 unspecified atom stereocenters. The van der Waals surface area contributed by atoms with Gasteiger partial charge in [0.15, 0.2) is 0 Å². The number of rotatable bonds is 8. The van der Waals surface area contributed by atoms with Crippen LogP contribution in [0.4, 0.5) is 0 Å². The number of hydrogen-bond donors (Lipinski definition) is 2. The van der Waals surface area contributed by atoms with Gasteiger partial charge in [-0.15, -0.1) is 0 Å². The van der Waals surface area contributed by atoms with Gasteiger partial charge in [-0.25, -0.2) is 0 Å². The van der Waals surface area contributed by atoms with Gasteiger partial charge in [-0.2, -0.15) is 0 Å². The molecule has 0 aliphatic rings. The minimum Gasteiger partial charge on any atom is -0.370 e. The quantitative estimate of drug-likeness (QED) is 0.638. The Bertz CT molecular complexity index is 221. The zero-order valence-electron chi connectivity index (χ0n) is 9.71. The van der Waals surface area contributed by atoms with Crippen LogP contribution in [0.3, 0.4) is 0 Å². The van der Waals surface area contributed by atoms with E-state index in [4.69, 9.17) is 11.5 Å². The molecule has 4 nitrogen and oxygen atoms in total. The number of nitrogens with two attached hydrogens (primary N) is 2. The van der Waals surface area contributed by atoms with Gasteiger partial charge in [0.05, 0.1) is 0 Å². The Morgan fingerprint density at radius 1 is 1.00 bits per heavy atom. The van der Waals surface area contributed by atoms with E-state index < -0.39 is 5.41 Å². The van der Waals surface area contributed by atoms with E-state index in [0.717, 1.165) is 25.7 Å². The molecule has 0 saturated heterocycles. The summed E-state index contributed by atoms with van der Waals surface area (Å²) >= 11 is 0. The predicted octanol–water partition coefficient (Wildman–Crippen LogP) is 1.32. The molecule has 88 valence electrons. The molecule has 0 aliphatic heterocycles. The molecule has 0 radical (unpaired) electrons. The topological polar surface area (TPSA) is 86.2 Å². The molecule has 0 aliphatic carbocycles. The van der Waals surface area contributed by atoms with E-state index in [1.165, 1.54) is 0 Å². The van der Waals surface area contributed by atoms with Crippen LogP contribution < -0.4 is 11.5 Å². The fraction of sp³-hybridized carbons (Fsp3) is 0.818. The maximum Gasteiger partial charge on any atom is 0.223 e. The number of carbonyl (C=O) groups is 2. The molecule has 0 saturated carbocycles. The first-order valence-corrected chi connectivity index (χ1v) is 5.56. The van der Waals surface area contributed by atoms with E-state index in [2.05, 4.69) is 0 Å². The van der Waals surface area contributed by atoms with E-state index in [9.17, 15) is 9.59 Å². The Hall–Kier alpha value is -1.06. The second-order valence-electron chi connectivity index (χ2n) is 4.11. The van der Waals surface area contributed by atoms with E-state index in [1.54, 1.807) is 0 Å². The summed E-state index contributed by atoms with van der Waals surface area (Å²) in [6.07, 6.45) is 3.98. The molecule has 0 heterocycles. The Labute approximate surface area is 91.4 Å². The van der Waals surface area contributed by atoms with Crippen molar-refractivity contribution in [1.82, 2.24) is 0 Å². The molecule has 4 N–H and O–H groups in total. The molecule has 0 atom stereocenters. The third-order valence-electron chi connectivity index (χ3n) is 2.83. The summed E-state index contributed by atoms with van der Waals surface area (Å²) in [6, 6.07) is 0. The molecular weight excluding hydrogens is 192 g/mol. The summed E-state index contributed by atoms with van der Waals surface area (Å²) in [5.74, 6) is -0.666. The van der Waals surface area contributed by atoms with E-state index in [-0.39, 0.29) is 18.2 Å². The standard InChI is InChI=1S/C11H22N2O2/c1-3-6-11(7-4-2,10(13)15)8-5-9(12)14/h3-8H2,1-2H3,(H2,12,14)(H2,13,15). The third kappa shape index (κ3) is 4.32. The molecule has 0 aromatic heterocycles. The maximum atomic E-state index is 11.5. The van der Waals surface area contributed by atoms with Crippen LogP contribution in [0, 0.1) is 5.41 Å². The fourth-order valence-electron chi connectivity index (χ4n) is 2.06. The van der Waals surface area contributed by atoms with Gasteiger partial charge in [0.1, 0.15) is 0 Å². The first-order chi connectivity index (χ1) is 6.98. The Morgan fingerprint density at radius 3 is 1.73 bits per heavy atom. The van der Waals surface area contributed by atoms with Crippen molar-refractivity contribution in [3.8, 4) is 0 Å². The van der Waals surface area contributed by atoms with E-state index >= 15 is 0 Å². The summed E-state index contributed by atoms with van der Waals surface area (Å²) in [4.78, 5) is 22.2. The zero-order valence-corrected chi connectivity index (χ0v) is 9.71. The van der Waals surface area contributed by atoms with Gasteiger partial charge in [0.25, 0.3) is 0 Å². The van der Waals surface area contributed by atoms with Crippen LogP contribution >= 0.6 is 0 Å². The van der Waals surface area contributed by atoms with Gasteiger partial charge in [-0.1, -0.05) is 26.7 Å². The summed E-state index contributed by atoms with van der Waals surface area (Å²) in [6.45, 7) is 4.02. The fourth-order valence-corrected chi connectivity index (χ4v) is 2.06. The molecular formula is C11H22N2O2. The lowest BCUT2D eigenvalue weighted by atomic mass is 9.75. The lowest BCUT2D eigenvalue weighted by Crippen LogP contribution is -2.38. The highest BCUT2D eigenvalue weighted by atomic mass is 16.1. The van der Waals surface area contributed by atoms with Gasteiger partial charge in [0.2, 0.25) is 11.8 Å². The van der Waals surface area contributed by atoms with Crippen LogP contribution in [0.5, 0.6) is 0 Å². The largest absolute Gasteiger partial charge is 0.370 e. The average Bonchev–Trinajstić information content (AvgIpc) is 2.14. The lowest BCUT2D eigenvalue weighted by molar-refractivity contribution is -0.129. The van der Waals surface area contributed by atoms with Crippen LogP contribution in [0.2, 0.25) is 0 Å². The first kappa shape index (κ1) is 13.9. The molecule has 2 amide bonds. The van der Waals surface area contributed by atoms with Crippen molar-refractivity contribution in [2.45, 2.75) is 52.4 Å². The van der Waals surface area contributed by atoms with Crippen LogP contribution in [0.15, 0.2) is 0 Å². The third-order valence-corrected chi connectivity index (χ3v) is 2.83. The van der Waals surface area contributed by atoms with Crippen molar-refractivity contribution < 1.29 is 9.59 Å². The summed E-state index contributed by atoms with van der Waals surface area (Å²) in [5, 5.41) is 0. The number of amides is 2. The van der Waals surface area contributed by atoms with Crippen LogP contribution in [-0.4, -0.2) is 11.8 Å². The van der Waals surface area contributed by atoms with Gasteiger partial charge < -0.3 is 11.5 Å². The van der Waals surface area contributed by atoms with Gasteiger partial charge in [-0.05, 0) is 19.3 Å². The molecule has 0 fully saturated rings. The monoisotopic (exact) mass is 214 g/mol. The summed E-state index contributed by atoms with van der Waals surface area (Å²) in [5.41, 5.74) is 10.0. The molecule has 0 rings (SSSR count). The molecule has 0 aromatic rings. The van der Waals surface area contributed by atoms with Crippen molar-refractivity contribution in [2.75, 3.05) is 0 Å². The maximum absolute atomic E-state index is 11.5. The lowest BCUT2D eigenvalue weighted by Gasteiger charge is -2.29. The molecule has 15 heavy (non-hydrogen) atoms. The average molecular weight is 214 g/mol. The Morgan fingerprint density at radius 2 is 1.47 bits per heavy atom. The van der Waals surface area contributed by atoms with E-state index in [1.807, 2.05) is 13.8 Å². The van der Waals surface area contributed by atoms with Crippen LogP contribution in [0.1, 0.15) is 52.4 Å². The first-order valence-electron chi connectivity index (χ1n) is 5.56. The second-order valence-corrected chi connectivity index (χ2v) is 4.11. The van der Waals surface area contributed by atoms with Gasteiger partial charge in [-0.3, -0.25) is 9.59 Å². The minimum absolute atomic E-state index is 0.239. The van der Waals surface area contributed by atoms with Crippen molar-refractivity contribution in [3.63, 3.8) is 0 Å². The highest BCUT2D eigenvalue weighted by Crippen LogP contribution is 2.34. The summed E-state index contributed by atoms with van der Waals surface area (Å²) < 4.78 is 0. The summed E-state index contributed by atoms with van der Waals surface area (Å²) in [7, 11) is 0. The predicted molar refractivity (Wildman–Crippen MR) is 59.9 cm³/mol. The molecule has 0 aromatic carbocycles. The Kier molecular flexibility index (Phi) is 5.97. The van der Waals surface area contributed by atoms with Gasteiger partial charge >= 0.3 is 0 Å². The van der Waals surface area contributed by atoms with Crippen molar-refractivity contribution in [1.29, 1.82) is 0 Å². The SMILES string of the molecule is CCCC(CCC)(CCC(N)=O)C(N)=O. The molecule has 0 spiro atoms. The second kappa shape index (κ2) is 6.43. The molecule has 4 heteroatoms. The highest BCUT2D eigenvalue weighted by molar-refractivity contribution is 5.82. The normalized spacial score (nSPS) is 11.3. The van der Waals surface area contributed by atoms with Gasteiger partial charge in [0, 0.05) is 11.8 Å². The zero-order chi connectivity index (χ0) is 11.9. The number of primary amides is 2. The minimum atomic E-state index is -0.529. The molecule has 0 bridgehead atoms. The highest BCUT2D eigenvalue weighted by Gasteiger charge is 2.34. The van der Waals surface area contributed by atoms with Crippen molar-refractivity contribution in [2.24, 2.45) is 16.9 Å². The van der Waals surface area contributed by atoms with Crippen molar-refractivity contribution >= 4 is 11.8 Å². The van der Waals surface area contributed by atoms with Crippen LogP contribution in [0.25, 0.3) is 0 Å². The van der Waals surface area contributed by atoms with E-state index in [0.29, 0.717) is 6.42 Å².